The van der Waals surface area contributed by atoms with Gasteiger partial charge < -0.3 is 5.11 Å². The van der Waals surface area contributed by atoms with Gasteiger partial charge in [0.05, 0.1) is 5.56 Å². The van der Waals surface area contributed by atoms with Gasteiger partial charge in [-0.1, -0.05) is 17.7 Å². The molecule has 1 N–H and O–H groups in total. The van der Waals surface area contributed by atoms with Crippen molar-refractivity contribution in [1.29, 1.82) is 0 Å². The Kier molecular flexibility index (Phi) is 4.73. The van der Waals surface area contributed by atoms with E-state index in [1.807, 2.05) is 6.92 Å². The number of hydrogen-bond acceptors (Lipinski definition) is 1. The third-order valence-electron chi connectivity index (χ3n) is 1.30. The van der Waals surface area contributed by atoms with E-state index in [9.17, 15) is 4.79 Å². The largest absolute Gasteiger partial charge is 0.478 e. The first-order chi connectivity index (χ1) is 4.70. The van der Waals surface area contributed by atoms with E-state index in [1.54, 1.807) is 24.3 Å². The van der Waals surface area contributed by atoms with Crippen LogP contribution in [0.25, 0.3) is 0 Å². The smallest absolute Gasteiger partial charge is 0.335 e. The molecular weight excluding hydrogens is 168 g/mol. The normalized spacial score (nSPS) is 8.45. The fourth-order valence-electron chi connectivity index (χ4n) is 0.696. The molecule has 2 radical (unpaired) electrons. The molecule has 1 rings (SSSR count). The maximum absolute atomic E-state index is 10.3. The second kappa shape index (κ2) is 4.75. The Labute approximate surface area is 95.2 Å². The zero-order chi connectivity index (χ0) is 7.56. The predicted octanol–water partition coefficient (Wildman–Crippen LogP) is 1.31. The first-order valence-electron chi connectivity index (χ1n) is 3.00. The summed E-state index contributed by atoms with van der Waals surface area (Å²) in [6, 6.07) is 6.75. The van der Waals surface area contributed by atoms with Crippen LogP contribution in [0.3, 0.4) is 0 Å². The summed E-state index contributed by atoms with van der Waals surface area (Å²) < 4.78 is 0. The summed E-state index contributed by atoms with van der Waals surface area (Å²) in [7, 11) is 0. The van der Waals surface area contributed by atoms with E-state index in [1.165, 1.54) is 0 Å². The minimum atomic E-state index is -0.875. The van der Waals surface area contributed by atoms with Crippen molar-refractivity contribution in [2.45, 2.75) is 6.92 Å². The van der Waals surface area contributed by atoms with Gasteiger partial charge in [-0.15, -0.1) is 0 Å². The van der Waals surface area contributed by atoms with Crippen LogP contribution in [0.4, 0.5) is 0 Å². The number of hydrogen-bond donors (Lipinski definition) is 1. The Balaban J connectivity index is 0.000001000. The molecule has 0 unspecified atom stereocenters. The van der Waals surface area contributed by atoms with Crippen LogP contribution in [0.1, 0.15) is 15.9 Å². The van der Waals surface area contributed by atoms with Gasteiger partial charge in [-0.3, -0.25) is 0 Å². The van der Waals surface area contributed by atoms with E-state index in [-0.39, 0.29) is 37.7 Å². The quantitative estimate of drug-likeness (QED) is 0.655. The molecule has 0 amide bonds. The molecule has 0 atom stereocenters. The molecule has 1 aromatic rings. The first-order valence-corrected chi connectivity index (χ1v) is 3.00. The van der Waals surface area contributed by atoms with Gasteiger partial charge in [-0.05, 0) is 19.1 Å². The van der Waals surface area contributed by atoms with Gasteiger partial charge in [0.15, 0.2) is 0 Å². The Morgan fingerprint density at radius 1 is 1.27 bits per heavy atom. The molecule has 0 bridgehead atoms. The van der Waals surface area contributed by atoms with Gasteiger partial charge in [0.1, 0.15) is 0 Å². The van der Waals surface area contributed by atoms with E-state index in [0.29, 0.717) is 5.56 Å². The standard InChI is InChI=1S/C8H8O2.Ca/c1-6-2-4-7(5-3-6)8(9)10;/h2-5H,1H3,(H,9,10);. The average Bonchev–Trinajstić information content (AvgIpc) is 1.88. The third kappa shape index (κ3) is 3.23. The van der Waals surface area contributed by atoms with Crippen LogP contribution in [-0.4, -0.2) is 48.8 Å². The van der Waals surface area contributed by atoms with E-state index in [2.05, 4.69) is 0 Å². The summed E-state index contributed by atoms with van der Waals surface area (Å²) in [5, 5.41) is 8.48. The van der Waals surface area contributed by atoms with Crippen molar-refractivity contribution in [3.05, 3.63) is 35.4 Å². The Bertz CT molecular complexity index is 241. The SMILES string of the molecule is Cc1ccc(C(=O)O)cc1.[Ca]. The maximum atomic E-state index is 10.3. The van der Waals surface area contributed by atoms with Crippen LogP contribution < -0.4 is 0 Å². The van der Waals surface area contributed by atoms with Crippen molar-refractivity contribution in [3.63, 3.8) is 0 Å². The second-order valence-corrected chi connectivity index (χ2v) is 2.17. The molecule has 1 aromatic carbocycles. The molecule has 0 aromatic heterocycles. The first kappa shape index (κ1) is 10.9. The zero-order valence-electron chi connectivity index (χ0n) is 6.37. The number of carbonyl (C=O) groups is 1. The van der Waals surface area contributed by atoms with E-state index < -0.39 is 5.97 Å². The monoisotopic (exact) mass is 176 g/mol. The number of aromatic carboxylic acids is 1. The Morgan fingerprint density at radius 2 is 1.73 bits per heavy atom. The van der Waals surface area contributed by atoms with Gasteiger partial charge in [-0.2, -0.15) is 0 Å². The summed E-state index contributed by atoms with van der Waals surface area (Å²) in [5.41, 5.74) is 1.41. The van der Waals surface area contributed by atoms with Crippen molar-refractivity contribution < 1.29 is 9.90 Å². The van der Waals surface area contributed by atoms with Crippen molar-refractivity contribution in [2.24, 2.45) is 0 Å². The third-order valence-corrected chi connectivity index (χ3v) is 1.30. The molecule has 0 heterocycles. The number of benzene rings is 1. The molecule has 54 valence electrons. The van der Waals surface area contributed by atoms with Crippen LogP contribution in [0.2, 0.25) is 0 Å². The van der Waals surface area contributed by atoms with Crippen LogP contribution in [0.5, 0.6) is 0 Å². The number of aryl methyl sites for hydroxylation is 1. The van der Waals surface area contributed by atoms with Gasteiger partial charge in [-0.25, -0.2) is 4.79 Å². The molecule has 11 heavy (non-hydrogen) atoms. The fraction of sp³-hybridized carbons (Fsp3) is 0.125. The molecule has 3 heteroatoms. The van der Waals surface area contributed by atoms with Gasteiger partial charge in [0.2, 0.25) is 0 Å². The minimum absolute atomic E-state index is 0. The molecule has 0 aliphatic carbocycles. The topological polar surface area (TPSA) is 37.3 Å². The molecule has 0 spiro atoms. The molecule has 0 aliphatic rings. The Hall–Kier alpha value is -0.0503. The summed E-state index contributed by atoms with van der Waals surface area (Å²) in [6.45, 7) is 1.92. The summed E-state index contributed by atoms with van der Waals surface area (Å²) >= 11 is 0. The molecule has 2 nitrogen and oxygen atoms in total. The second-order valence-electron chi connectivity index (χ2n) is 2.17. The van der Waals surface area contributed by atoms with Crippen LogP contribution in [-0.2, 0) is 0 Å². The fourth-order valence-corrected chi connectivity index (χ4v) is 0.696. The number of carboxylic acid groups (broad SMARTS) is 1. The van der Waals surface area contributed by atoms with E-state index >= 15 is 0 Å². The number of carboxylic acids is 1. The maximum Gasteiger partial charge on any atom is 0.335 e. The molecule has 0 saturated carbocycles. The molecule has 0 fully saturated rings. The van der Waals surface area contributed by atoms with Gasteiger partial charge in [0, 0.05) is 37.7 Å². The summed E-state index contributed by atoms with van der Waals surface area (Å²) in [6.07, 6.45) is 0. The van der Waals surface area contributed by atoms with Crippen molar-refractivity contribution >= 4 is 43.7 Å². The number of rotatable bonds is 1. The molecule has 0 aliphatic heterocycles. The van der Waals surface area contributed by atoms with Gasteiger partial charge >= 0.3 is 5.97 Å². The van der Waals surface area contributed by atoms with E-state index in [4.69, 9.17) is 5.11 Å². The van der Waals surface area contributed by atoms with Crippen LogP contribution in [0, 0.1) is 6.92 Å². The summed E-state index contributed by atoms with van der Waals surface area (Å²) in [4.78, 5) is 10.3. The zero-order valence-corrected chi connectivity index (χ0v) is 8.58. The minimum Gasteiger partial charge on any atom is -0.478 e. The molecule has 0 saturated heterocycles. The predicted molar refractivity (Wildman–Crippen MR) is 43.9 cm³/mol. The summed E-state index contributed by atoms with van der Waals surface area (Å²) in [5.74, 6) is -0.875. The van der Waals surface area contributed by atoms with Crippen LogP contribution in [0.15, 0.2) is 24.3 Å². The van der Waals surface area contributed by atoms with Crippen molar-refractivity contribution in [1.82, 2.24) is 0 Å². The average molecular weight is 176 g/mol. The Morgan fingerprint density at radius 3 is 2.09 bits per heavy atom. The van der Waals surface area contributed by atoms with E-state index in [0.717, 1.165) is 5.56 Å². The van der Waals surface area contributed by atoms with Gasteiger partial charge in [0.25, 0.3) is 0 Å². The van der Waals surface area contributed by atoms with Crippen LogP contribution >= 0.6 is 0 Å². The van der Waals surface area contributed by atoms with Crippen molar-refractivity contribution in [3.8, 4) is 0 Å². The molecular formula is C8H8CaO2. The van der Waals surface area contributed by atoms with Crippen molar-refractivity contribution in [2.75, 3.05) is 0 Å².